The highest BCUT2D eigenvalue weighted by molar-refractivity contribution is 5.48. The van der Waals surface area contributed by atoms with Crippen molar-refractivity contribution in [2.24, 2.45) is 0 Å². The lowest BCUT2D eigenvalue weighted by Crippen LogP contribution is -2.44. The molecule has 1 saturated heterocycles. The van der Waals surface area contributed by atoms with Crippen LogP contribution in [0.2, 0.25) is 0 Å². The van der Waals surface area contributed by atoms with Gasteiger partial charge in [-0.1, -0.05) is 30.9 Å². The van der Waals surface area contributed by atoms with Gasteiger partial charge in [0.1, 0.15) is 6.61 Å². The van der Waals surface area contributed by atoms with E-state index >= 15 is 0 Å². The molecule has 0 spiro atoms. The minimum atomic E-state index is -0.358. The first-order valence-electron chi connectivity index (χ1n) is 8.10. The first-order chi connectivity index (χ1) is 11.1. The highest BCUT2D eigenvalue weighted by Crippen LogP contribution is 2.47. The van der Waals surface area contributed by atoms with Crippen molar-refractivity contribution in [1.82, 2.24) is 4.90 Å². The molecule has 4 heteroatoms. The number of aliphatic hydroxyl groups excluding tert-OH is 1. The summed E-state index contributed by atoms with van der Waals surface area (Å²) in [4.78, 5) is 2.35. The largest absolute Gasteiger partial charge is 0.493 e. The summed E-state index contributed by atoms with van der Waals surface area (Å²) in [7, 11) is 3.79. The van der Waals surface area contributed by atoms with Gasteiger partial charge in [0.2, 0.25) is 0 Å². The Labute approximate surface area is 138 Å². The molecule has 1 heterocycles. The van der Waals surface area contributed by atoms with E-state index in [1.54, 1.807) is 13.2 Å². The predicted octanol–water partition coefficient (Wildman–Crippen LogP) is 2.52. The molecule has 0 saturated carbocycles. The monoisotopic (exact) mass is 315 g/mol. The molecule has 3 rings (SSSR count). The molecule has 1 aromatic rings. The average Bonchev–Trinajstić information content (AvgIpc) is 2.90. The fraction of sp³-hybridized carbons (Fsp3) is 0.474. The normalized spacial score (nSPS) is 30.0. The van der Waals surface area contributed by atoms with Gasteiger partial charge in [0.25, 0.3) is 0 Å². The maximum absolute atomic E-state index is 10.0. The number of ether oxygens (including phenoxy) is 2. The molecule has 1 N–H and O–H groups in total. The summed E-state index contributed by atoms with van der Waals surface area (Å²) < 4.78 is 11.2. The molecule has 0 aromatic heterocycles. The molecular weight excluding hydrogens is 290 g/mol. The minimum absolute atomic E-state index is 0.0630. The van der Waals surface area contributed by atoms with Crippen LogP contribution in [0.3, 0.4) is 0 Å². The molecule has 1 aromatic carbocycles. The van der Waals surface area contributed by atoms with Crippen molar-refractivity contribution in [2.45, 2.75) is 30.4 Å². The van der Waals surface area contributed by atoms with Crippen LogP contribution in [-0.2, 0) is 5.41 Å². The Kier molecular flexibility index (Phi) is 4.46. The van der Waals surface area contributed by atoms with E-state index in [2.05, 4.69) is 36.7 Å². The topological polar surface area (TPSA) is 41.9 Å². The summed E-state index contributed by atoms with van der Waals surface area (Å²) in [6, 6.07) is 6.48. The Morgan fingerprint density at radius 3 is 3.00 bits per heavy atom. The van der Waals surface area contributed by atoms with E-state index in [1.165, 1.54) is 5.56 Å². The van der Waals surface area contributed by atoms with Gasteiger partial charge in [0.05, 0.1) is 13.2 Å². The lowest BCUT2D eigenvalue weighted by molar-refractivity contribution is 0.137. The summed E-state index contributed by atoms with van der Waals surface area (Å²) in [5, 5.41) is 10.0. The maximum Gasteiger partial charge on any atom is 0.161 e. The van der Waals surface area contributed by atoms with Crippen molar-refractivity contribution in [3.63, 3.8) is 0 Å². The van der Waals surface area contributed by atoms with Crippen LogP contribution in [0.5, 0.6) is 11.5 Å². The van der Waals surface area contributed by atoms with Gasteiger partial charge in [-0.25, -0.2) is 0 Å². The number of methoxy groups -OCH3 is 1. The van der Waals surface area contributed by atoms with Gasteiger partial charge in [-0.05, 0) is 44.1 Å². The molecule has 1 aliphatic carbocycles. The van der Waals surface area contributed by atoms with E-state index in [4.69, 9.17) is 9.47 Å². The van der Waals surface area contributed by atoms with Crippen LogP contribution >= 0.6 is 0 Å². The van der Waals surface area contributed by atoms with E-state index in [0.717, 1.165) is 30.9 Å². The van der Waals surface area contributed by atoms with Crippen LogP contribution in [0.25, 0.3) is 0 Å². The van der Waals surface area contributed by atoms with E-state index in [1.807, 2.05) is 12.1 Å². The second-order valence-electron chi connectivity index (χ2n) is 6.41. The highest BCUT2D eigenvalue weighted by atomic mass is 16.5. The lowest BCUT2D eigenvalue weighted by atomic mass is 9.69. The predicted molar refractivity (Wildman–Crippen MR) is 91.2 cm³/mol. The van der Waals surface area contributed by atoms with Crippen LogP contribution in [0.4, 0.5) is 0 Å². The molecule has 1 fully saturated rings. The zero-order valence-corrected chi connectivity index (χ0v) is 13.9. The number of hydrogen-bond donors (Lipinski definition) is 1. The van der Waals surface area contributed by atoms with Crippen molar-refractivity contribution in [3.8, 4) is 11.5 Å². The summed E-state index contributed by atoms with van der Waals surface area (Å²) in [5.74, 6) is 1.47. The van der Waals surface area contributed by atoms with Crippen molar-refractivity contribution >= 4 is 0 Å². The summed E-state index contributed by atoms with van der Waals surface area (Å²) >= 11 is 0. The van der Waals surface area contributed by atoms with Crippen LogP contribution in [-0.4, -0.2) is 49.5 Å². The molecule has 3 atom stereocenters. The van der Waals surface area contributed by atoms with Crippen molar-refractivity contribution in [1.29, 1.82) is 0 Å². The number of nitrogens with zero attached hydrogens (tertiary/aromatic N) is 1. The second kappa shape index (κ2) is 6.38. The van der Waals surface area contributed by atoms with Crippen molar-refractivity contribution in [3.05, 3.63) is 48.6 Å². The Bertz CT molecular complexity index is 613. The van der Waals surface area contributed by atoms with Crippen LogP contribution in [0, 0.1) is 0 Å². The standard InChI is InChI=1S/C19H25NO3/c1-4-11-23-17-12-14(5-6-16(17)22-3)19-8-7-15(21)13-18(19)20(2)10-9-19/h4-8,12,15,18,21H,1,9-11,13H2,2-3H3/t15-,18-,19-/m0/s1. The molecule has 1 aliphatic heterocycles. The number of fused-ring (bicyclic) bond motifs is 1. The SMILES string of the molecule is C=CCOc1cc([C@@]23C=C[C@H](O)C[C@@H]2N(C)CC3)ccc1OC. The Hall–Kier alpha value is -1.78. The molecular formula is C19H25NO3. The highest BCUT2D eigenvalue weighted by Gasteiger charge is 2.48. The summed E-state index contributed by atoms with van der Waals surface area (Å²) in [5.41, 5.74) is 1.15. The van der Waals surface area contributed by atoms with Crippen LogP contribution in [0.1, 0.15) is 18.4 Å². The zero-order chi connectivity index (χ0) is 16.4. The van der Waals surface area contributed by atoms with Gasteiger partial charge in [-0.15, -0.1) is 0 Å². The van der Waals surface area contributed by atoms with E-state index in [0.29, 0.717) is 12.6 Å². The molecule has 4 nitrogen and oxygen atoms in total. The molecule has 0 bridgehead atoms. The second-order valence-corrected chi connectivity index (χ2v) is 6.41. The van der Waals surface area contributed by atoms with Crippen molar-refractivity contribution < 1.29 is 14.6 Å². The number of benzene rings is 1. The van der Waals surface area contributed by atoms with Crippen molar-refractivity contribution in [2.75, 3.05) is 27.3 Å². The van der Waals surface area contributed by atoms with Gasteiger partial charge in [0, 0.05) is 11.5 Å². The third kappa shape index (κ3) is 2.77. The number of rotatable bonds is 5. The van der Waals surface area contributed by atoms with Crippen LogP contribution in [0.15, 0.2) is 43.0 Å². The smallest absolute Gasteiger partial charge is 0.161 e. The number of hydrogen-bond acceptors (Lipinski definition) is 4. The molecule has 124 valence electrons. The van der Waals surface area contributed by atoms with Gasteiger partial charge in [-0.3, -0.25) is 0 Å². The fourth-order valence-corrected chi connectivity index (χ4v) is 3.91. The zero-order valence-electron chi connectivity index (χ0n) is 13.9. The third-order valence-corrected chi connectivity index (χ3v) is 5.14. The maximum atomic E-state index is 10.0. The Morgan fingerprint density at radius 1 is 1.43 bits per heavy atom. The molecule has 23 heavy (non-hydrogen) atoms. The summed E-state index contributed by atoms with van der Waals surface area (Å²) in [6.45, 7) is 5.18. The first kappa shape index (κ1) is 16.1. The molecule has 2 aliphatic rings. The lowest BCUT2D eigenvalue weighted by Gasteiger charge is -2.39. The fourth-order valence-electron chi connectivity index (χ4n) is 3.91. The van der Waals surface area contributed by atoms with Gasteiger partial charge in [-0.2, -0.15) is 0 Å². The number of aliphatic hydroxyl groups is 1. The average molecular weight is 315 g/mol. The van der Waals surface area contributed by atoms with E-state index in [9.17, 15) is 5.11 Å². The quantitative estimate of drug-likeness (QED) is 0.848. The Morgan fingerprint density at radius 2 is 2.26 bits per heavy atom. The molecule has 0 unspecified atom stereocenters. The van der Waals surface area contributed by atoms with Gasteiger partial charge < -0.3 is 19.5 Å². The van der Waals surface area contributed by atoms with Gasteiger partial charge >= 0.3 is 0 Å². The molecule has 0 amide bonds. The number of likely N-dealkylation sites (tertiary alicyclic amines) is 1. The van der Waals surface area contributed by atoms with Crippen LogP contribution < -0.4 is 9.47 Å². The van der Waals surface area contributed by atoms with E-state index < -0.39 is 0 Å². The first-order valence-corrected chi connectivity index (χ1v) is 8.10. The number of likely N-dealkylation sites (N-methyl/N-ethyl adjacent to an activating group) is 1. The minimum Gasteiger partial charge on any atom is -0.493 e. The summed E-state index contributed by atoms with van der Waals surface area (Å²) in [6.07, 6.45) is 7.31. The van der Waals surface area contributed by atoms with E-state index in [-0.39, 0.29) is 11.5 Å². The molecule has 0 radical (unpaired) electrons. The van der Waals surface area contributed by atoms with Gasteiger partial charge in [0.15, 0.2) is 11.5 Å². The Balaban J connectivity index is 2.02. The third-order valence-electron chi connectivity index (χ3n) is 5.14.